The van der Waals surface area contributed by atoms with Gasteiger partial charge in [-0.1, -0.05) is 12.1 Å². The number of hydrogen-bond acceptors (Lipinski definition) is 4. The third-order valence-electron chi connectivity index (χ3n) is 4.10. The normalized spacial score (nSPS) is 14.6. The summed E-state index contributed by atoms with van der Waals surface area (Å²) in [5.74, 6) is 0.547. The van der Waals surface area contributed by atoms with Gasteiger partial charge in [0, 0.05) is 13.0 Å². The highest BCUT2D eigenvalue weighted by atomic mass is 32.2. The van der Waals surface area contributed by atoms with Gasteiger partial charge in [-0.05, 0) is 49.2 Å². The Morgan fingerprint density at radius 3 is 2.60 bits per heavy atom. The van der Waals surface area contributed by atoms with E-state index < -0.39 is 10.0 Å². The Morgan fingerprint density at radius 1 is 1.16 bits per heavy atom. The van der Waals surface area contributed by atoms with Gasteiger partial charge >= 0.3 is 0 Å². The highest BCUT2D eigenvalue weighted by Crippen LogP contribution is 2.34. The van der Waals surface area contributed by atoms with E-state index >= 15 is 0 Å². The standard InChI is InChI=1S/C18H20N2O4S/c1-13-5-3-6-15(11-13)25(22,23)19-14-8-9-17(24-2)16(12-14)20-10-4-7-18(20)21/h3,5-6,8-9,11-12,19H,4,7,10H2,1-2H3. The lowest BCUT2D eigenvalue weighted by Gasteiger charge is -2.20. The van der Waals surface area contributed by atoms with Crippen molar-refractivity contribution in [2.45, 2.75) is 24.7 Å². The Balaban J connectivity index is 1.94. The first-order valence-corrected chi connectivity index (χ1v) is 9.47. The molecule has 2 aromatic carbocycles. The lowest BCUT2D eigenvalue weighted by atomic mass is 10.2. The monoisotopic (exact) mass is 360 g/mol. The van der Waals surface area contributed by atoms with Crippen molar-refractivity contribution in [1.29, 1.82) is 0 Å². The summed E-state index contributed by atoms with van der Waals surface area (Å²) in [6, 6.07) is 11.6. The van der Waals surface area contributed by atoms with Crippen LogP contribution in [0.3, 0.4) is 0 Å². The number of carbonyl (C=O) groups is 1. The number of rotatable bonds is 5. The maximum absolute atomic E-state index is 12.6. The lowest BCUT2D eigenvalue weighted by molar-refractivity contribution is -0.117. The minimum Gasteiger partial charge on any atom is -0.495 e. The molecule has 0 bridgehead atoms. The molecule has 1 fully saturated rings. The van der Waals surface area contributed by atoms with E-state index in [1.165, 1.54) is 7.11 Å². The molecular weight excluding hydrogens is 340 g/mol. The molecule has 132 valence electrons. The molecule has 1 saturated heterocycles. The third kappa shape index (κ3) is 3.61. The summed E-state index contributed by atoms with van der Waals surface area (Å²) in [6.07, 6.45) is 1.27. The Labute approximate surface area is 147 Å². The molecule has 1 heterocycles. The first kappa shape index (κ1) is 17.3. The molecule has 1 aliphatic heterocycles. The van der Waals surface area contributed by atoms with E-state index in [4.69, 9.17) is 4.74 Å². The van der Waals surface area contributed by atoms with Crippen molar-refractivity contribution in [3.8, 4) is 5.75 Å². The molecular formula is C18H20N2O4S. The molecule has 0 unspecified atom stereocenters. The predicted octanol–water partition coefficient (Wildman–Crippen LogP) is 2.93. The Kier molecular flexibility index (Phi) is 4.67. The highest BCUT2D eigenvalue weighted by Gasteiger charge is 2.25. The van der Waals surface area contributed by atoms with Crippen LogP contribution in [0.5, 0.6) is 5.75 Å². The van der Waals surface area contributed by atoms with Crippen LogP contribution in [0.4, 0.5) is 11.4 Å². The molecule has 1 aliphatic rings. The van der Waals surface area contributed by atoms with Gasteiger partial charge in [-0.3, -0.25) is 9.52 Å². The van der Waals surface area contributed by atoms with Crippen LogP contribution in [0.2, 0.25) is 0 Å². The van der Waals surface area contributed by atoms with Crippen molar-refractivity contribution >= 4 is 27.3 Å². The van der Waals surface area contributed by atoms with Gasteiger partial charge in [0.25, 0.3) is 10.0 Å². The van der Waals surface area contributed by atoms with E-state index in [1.807, 2.05) is 13.0 Å². The van der Waals surface area contributed by atoms with Crippen molar-refractivity contribution < 1.29 is 17.9 Å². The van der Waals surface area contributed by atoms with E-state index in [9.17, 15) is 13.2 Å². The number of methoxy groups -OCH3 is 1. The molecule has 0 aromatic heterocycles. The van der Waals surface area contributed by atoms with Gasteiger partial charge in [-0.2, -0.15) is 0 Å². The van der Waals surface area contributed by atoms with Crippen LogP contribution in [0, 0.1) is 6.92 Å². The predicted molar refractivity (Wildman–Crippen MR) is 96.6 cm³/mol. The van der Waals surface area contributed by atoms with E-state index in [1.54, 1.807) is 41.3 Å². The minimum absolute atomic E-state index is 0.0111. The quantitative estimate of drug-likeness (QED) is 0.889. The molecule has 25 heavy (non-hydrogen) atoms. The fourth-order valence-corrected chi connectivity index (χ4v) is 4.02. The molecule has 6 nitrogen and oxygen atoms in total. The molecule has 0 aliphatic carbocycles. The Bertz CT molecular complexity index is 909. The fourth-order valence-electron chi connectivity index (χ4n) is 2.86. The zero-order chi connectivity index (χ0) is 18.0. The second kappa shape index (κ2) is 6.76. The van der Waals surface area contributed by atoms with Gasteiger partial charge < -0.3 is 9.64 Å². The summed E-state index contributed by atoms with van der Waals surface area (Å²) < 4.78 is 33.1. The van der Waals surface area contributed by atoms with Crippen LogP contribution in [0.1, 0.15) is 18.4 Å². The zero-order valence-electron chi connectivity index (χ0n) is 14.2. The number of aryl methyl sites for hydroxylation is 1. The fraction of sp³-hybridized carbons (Fsp3) is 0.278. The first-order valence-electron chi connectivity index (χ1n) is 7.98. The number of anilines is 2. The van der Waals surface area contributed by atoms with Crippen molar-refractivity contribution in [3.05, 3.63) is 48.0 Å². The lowest BCUT2D eigenvalue weighted by Crippen LogP contribution is -2.24. The summed E-state index contributed by atoms with van der Waals surface area (Å²) in [7, 11) is -2.18. The second-order valence-corrected chi connectivity index (χ2v) is 7.64. The van der Waals surface area contributed by atoms with Crippen molar-refractivity contribution in [2.24, 2.45) is 0 Å². The molecule has 0 saturated carbocycles. The number of ether oxygens (including phenoxy) is 1. The molecule has 2 aromatic rings. The maximum Gasteiger partial charge on any atom is 0.261 e. The summed E-state index contributed by atoms with van der Waals surface area (Å²) in [5, 5.41) is 0. The van der Waals surface area contributed by atoms with Gasteiger partial charge in [-0.15, -0.1) is 0 Å². The molecule has 7 heteroatoms. The maximum atomic E-state index is 12.6. The Morgan fingerprint density at radius 2 is 1.96 bits per heavy atom. The number of carbonyl (C=O) groups excluding carboxylic acids is 1. The number of benzene rings is 2. The van der Waals surface area contributed by atoms with Crippen LogP contribution >= 0.6 is 0 Å². The van der Waals surface area contributed by atoms with E-state index in [0.717, 1.165) is 12.0 Å². The van der Waals surface area contributed by atoms with E-state index in [-0.39, 0.29) is 10.8 Å². The molecule has 1 amide bonds. The smallest absolute Gasteiger partial charge is 0.261 e. The number of nitrogens with zero attached hydrogens (tertiary/aromatic N) is 1. The van der Waals surface area contributed by atoms with Crippen LogP contribution < -0.4 is 14.4 Å². The summed E-state index contributed by atoms with van der Waals surface area (Å²) in [5.41, 5.74) is 1.83. The van der Waals surface area contributed by atoms with E-state index in [0.29, 0.717) is 30.1 Å². The van der Waals surface area contributed by atoms with Gasteiger partial charge in [0.1, 0.15) is 5.75 Å². The third-order valence-corrected chi connectivity index (χ3v) is 5.47. The largest absolute Gasteiger partial charge is 0.495 e. The number of sulfonamides is 1. The van der Waals surface area contributed by atoms with Gasteiger partial charge in [0.2, 0.25) is 5.91 Å². The SMILES string of the molecule is COc1ccc(NS(=O)(=O)c2cccc(C)c2)cc1N1CCCC1=O. The number of nitrogens with one attached hydrogen (secondary N) is 1. The van der Waals surface area contributed by atoms with Crippen molar-refractivity contribution in [1.82, 2.24) is 0 Å². The molecule has 3 rings (SSSR count). The Hall–Kier alpha value is -2.54. The minimum atomic E-state index is -3.70. The summed E-state index contributed by atoms with van der Waals surface area (Å²) >= 11 is 0. The van der Waals surface area contributed by atoms with Gasteiger partial charge in [0.15, 0.2) is 0 Å². The van der Waals surface area contributed by atoms with Gasteiger partial charge in [-0.25, -0.2) is 8.42 Å². The van der Waals surface area contributed by atoms with Crippen LogP contribution in [-0.2, 0) is 14.8 Å². The number of amides is 1. The van der Waals surface area contributed by atoms with Crippen LogP contribution in [0.25, 0.3) is 0 Å². The summed E-state index contributed by atoms with van der Waals surface area (Å²) in [4.78, 5) is 13.9. The van der Waals surface area contributed by atoms with Crippen molar-refractivity contribution in [2.75, 3.05) is 23.3 Å². The van der Waals surface area contributed by atoms with E-state index in [2.05, 4.69) is 4.72 Å². The van der Waals surface area contributed by atoms with Crippen LogP contribution in [-0.4, -0.2) is 28.0 Å². The van der Waals surface area contributed by atoms with Crippen LogP contribution in [0.15, 0.2) is 47.4 Å². The van der Waals surface area contributed by atoms with Crippen molar-refractivity contribution in [3.63, 3.8) is 0 Å². The average Bonchev–Trinajstić information content (AvgIpc) is 3.00. The zero-order valence-corrected chi connectivity index (χ0v) is 15.0. The van der Waals surface area contributed by atoms with Gasteiger partial charge in [0.05, 0.1) is 23.4 Å². The number of hydrogen-bond donors (Lipinski definition) is 1. The summed E-state index contributed by atoms with van der Waals surface area (Å²) in [6.45, 7) is 2.44. The second-order valence-electron chi connectivity index (χ2n) is 5.96. The average molecular weight is 360 g/mol. The first-order chi connectivity index (χ1) is 11.9. The molecule has 0 radical (unpaired) electrons. The molecule has 0 spiro atoms. The topological polar surface area (TPSA) is 75.7 Å². The highest BCUT2D eigenvalue weighted by molar-refractivity contribution is 7.92. The molecule has 0 atom stereocenters. The molecule has 1 N–H and O–H groups in total.